The molecule has 0 radical (unpaired) electrons. The van der Waals surface area contributed by atoms with Gasteiger partial charge in [0.2, 0.25) is 5.28 Å². The summed E-state index contributed by atoms with van der Waals surface area (Å²) in [7, 11) is 0. The van der Waals surface area contributed by atoms with Crippen LogP contribution in [0.15, 0.2) is 30.3 Å². The van der Waals surface area contributed by atoms with Gasteiger partial charge in [-0.2, -0.15) is 8.78 Å². The van der Waals surface area contributed by atoms with E-state index in [1.54, 1.807) is 25.1 Å². The second-order valence-electron chi connectivity index (χ2n) is 3.69. The van der Waals surface area contributed by atoms with Gasteiger partial charge in [-0.1, -0.05) is 0 Å². The maximum atomic E-state index is 12.0. The van der Waals surface area contributed by atoms with Gasteiger partial charge in [0.25, 0.3) is 0 Å². The lowest BCUT2D eigenvalue weighted by Crippen LogP contribution is -2.02. The number of rotatable bonds is 4. The number of hydrogen-bond donors (Lipinski definition) is 1. The highest BCUT2D eigenvalue weighted by Gasteiger charge is 2.04. The van der Waals surface area contributed by atoms with Crippen LogP contribution in [0.5, 0.6) is 5.75 Å². The summed E-state index contributed by atoms with van der Waals surface area (Å²) in [5, 5.41) is 3.13. The Morgan fingerprint density at radius 2 is 1.89 bits per heavy atom. The van der Waals surface area contributed by atoms with Gasteiger partial charge in [-0.15, -0.1) is 0 Å². The Morgan fingerprint density at radius 3 is 2.47 bits per heavy atom. The first kappa shape index (κ1) is 13.5. The summed E-state index contributed by atoms with van der Waals surface area (Å²) in [6.07, 6.45) is 0. The molecule has 2 aromatic rings. The molecule has 0 spiro atoms. The molecule has 4 nitrogen and oxygen atoms in total. The van der Waals surface area contributed by atoms with Crippen LogP contribution in [0.4, 0.5) is 20.3 Å². The lowest BCUT2D eigenvalue weighted by molar-refractivity contribution is -0.0498. The molecular formula is C12H10ClF2N3O. The highest BCUT2D eigenvalue weighted by Crippen LogP contribution is 2.21. The fourth-order valence-electron chi connectivity index (χ4n) is 1.46. The van der Waals surface area contributed by atoms with Gasteiger partial charge < -0.3 is 10.1 Å². The summed E-state index contributed by atoms with van der Waals surface area (Å²) in [6, 6.07) is 7.79. The number of hydrogen-bond acceptors (Lipinski definition) is 4. The average Bonchev–Trinajstić information content (AvgIpc) is 2.29. The Bertz CT molecular complexity index is 543. The van der Waals surface area contributed by atoms with E-state index in [4.69, 9.17) is 11.6 Å². The Kier molecular flexibility index (Phi) is 4.11. The minimum atomic E-state index is -2.83. The number of ether oxygens (including phenoxy) is 1. The molecule has 0 aliphatic carbocycles. The molecule has 1 aromatic carbocycles. The summed E-state index contributed by atoms with van der Waals surface area (Å²) in [5.74, 6) is 0.623. The highest BCUT2D eigenvalue weighted by molar-refractivity contribution is 6.28. The Labute approximate surface area is 113 Å². The standard InChI is InChI=1S/C12H10ClF2N3O/c1-7-6-10(18-11(13)16-7)17-8-2-4-9(5-3-8)19-12(14)15/h2-6,12H,1H3,(H,16,17,18). The molecule has 0 saturated carbocycles. The predicted molar refractivity (Wildman–Crippen MR) is 68.1 cm³/mol. The Hall–Kier alpha value is -1.95. The molecule has 1 heterocycles. The van der Waals surface area contributed by atoms with Gasteiger partial charge in [-0.05, 0) is 42.8 Å². The third kappa shape index (κ3) is 4.03. The molecule has 7 heteroatoms. The summed E-state index contributed by atoms with van der Waals surface area (Å²) >= 11 is 5.73. The third-order valence-corrected chi connectivity index (χ3v) is 2.35. The van der Waals surface area contributed by atoms with Crippen LogP contribution in [-0.4, -0.2) is 16.6 Å². The number of alkyl halides is 2. The third-order valence-electron chi connectivity index (χ3n) is 2.18. The zero-order valence-electron chi connectivity index (χ0n) is 9.90. The van der Waals surface area contributed by atoms with E-state index in [2.05, 4.69) is 20.0 Å². The Morgan fingerprint density at radius 1 is 1.21 bits per heavy atom. The van der Waals surface area contributed by atoms with Crippen molar-refractivity contribution in [3.8, 4) is 5.75 Å². The van der Waals surface area contributed by atoms with Crippen molar-refractivity contribution in [2.75, 3.05) is 5.32 Å². The maximum absolute atomic E-state index is 12.0. The first-order valence-electron chi connectivity index (χ1n) is 5.36. The molecule has 19 heavy (non-hydrogen) atoms. The molecule has 1 N–H and O–H groups in total. The largest absolute Gasteiger partial charge is 0.435 e. The number of benzene rings is 1. The summed E-state index contributed by atoms with van der Waals surface area (Å²) in [6.45, 7) is -1.04. The summed E-state index contributed by atoms with van der Waals surface area (Å²) in [4.78, 5) is 7.93. The molecule has 0 atom stereocenters. The predicted octanol–water partition coefficient (Wildman–Crippen LogP) is 3.78. The van der Waals surface area contributed by atoms with Gasteiger partial charge in [-0.25, -0.2) is 9.97 Å². The lowest BCUT2D eigenvalue weighted by atomic mass is 10.3. The van der Waals surface area contributed by atoms with Crippen LogP contribution in [0.2, 0.25) is 5.28 Å². The van der Waals surface area contributed by atoms with Crippen LogP contribution in [0.1, 0.15) is 5.69 Å². The number of anilines is 2. The van der Waals surface area contributed by atoms with E-state index in [0.717, 1.165) is 5.69 Å². The van der Waals surface area contributed by atoms with E-state index < -0.39 is 6.61 Å². The van der Waals surface area contributed by atoms with Crippen molar-refractivity contribution in [2.45, 2.75) is 13.5 Å². The molecule has 0 unspecified atom stereocenters. The Balaban J connectivity index is 2.10. The smallest absolute Gasteiger partial charge is 0.387 e. The van der Waals surface area contributed by atoms with Crippen molar-refractivity contribution >= 4 is 23.1 Å². The van der Waals surface area contributed by atoms with Crippen LogP contribution < -0.4 is 10.1 Å². The molecule has 2 rings (SSSR count). The van der Waals surface area contributed by atoms with Gasteiger partial charge in [0.1, 0.15) is 11.6 Å². The van der Waals surface area contributed by atoms with E-state index in [1.807, 2.05) is 0 Å². The minimum absolute atomic E-state index is 0.0949. The van der Waals surface area contributed by atoms with Gasteiger partial charge in [0, 0.05) is 17.4 Å². The van der Waals surface area contributed by atoms with Gasteiger partial charge >= 0.3 is 6.61 Å². The molecule has 100 valence electrons. The molecular weight excluding hydrogens is 276 g/mol. The van der Waals surface area contributed by atoms with Crippen molar-refractivity contribution in [3.63, 3.8) is 0 Å². The van der Waals surface area contributed by atoms with Crippen LogP contribution >= 0.6 is 11.6 Å². The zero-order chi connectivity index (χ0) is 13.8. The van der Waals surface area contributed by atoms with Gasteiger partial charge in [0.15, 0.2) is 0 Å². The SMILES string of the molecule is Cc1cc(Nc2ccc(OC(F)F)cc2)nc(Cl)n1. The first-order valence-corrected chi connectivity index (χ1v) is 5.74. The average molecular weight is 286 g/mol. The van der Waals surface area contributed by atoms with Crippen molar-refractivity contribution in [2.24, 2.45) is 0 Å². The second kappa shape index (κ2) is 5.79. The van der Waals surface area contributed by atoms with Crippen molar-refractivity contribution < 1.29 is 13.5 Å². The van der Waals surface area contributed by atoms with Crippen LogP contribution in [0.25, 0.3) is 0 Å². The van der Waals surface area contributed by atoms with Crippen molar-refractivity contribution in [1.29, 1.82) is 0 Å². The molecule has 0 aliphatic heterocycles. The number of nitrogens with one attached hydrogen (secondary N) is 1. The van der Waals surface area contributed by atoms with Crippen LogP contribution in [0.3, 0.4) is 0 Å². The second-order valence-corrected chi connectivity index (χ2v) is 4.03. The molecule has 0 bridgehead atoms. The van der Waals surface area contributed by atoms with E-state index >= 15 is 0 Å². The van der Waals surface area contributed by atoms with Crippen LogP contribution in [-0.2, 0) is 0 Å². The molecule has 0 saturated heterocycles. The minimum Gasteiger partial charge on any atom is -0.435 e. The fraction of sp³-hybridized carbons (Fsp3) is 0.167. The zero-order valence-corrected chi connectivity index (χ0v) is 10.7. The molecule has 0 amide bonds. The monoisotopic (exact) mass is 285 g/mol. The normalized spacial score (nSPS) is 10.6. The van der Waals surface area contributed by atoms with E-state index in [1.165, 1.54) is 12.1 Å². The lowest BCUT2D eigenvalue weighted by Gasteiger charge is -2.08. The number of nitrogens with zero attached hydrogens (tertiary/aromatic N) is 2. The van der Waals surface area contributed by atoms with E-state index in [9.17, 15) is 8.78 Å². The molecule has 0 aliphatic rings. The molecule has 0 fully saturated rings. The van der Waals surface area contributed by atoms with Gasteiger partial charge in [0.05, 0.1) is 0 Å². The highest BCUT2D eigenvalue weighted by atomic mass is 35.5. The topological polar surface area (TPSA) is 47.0 Å². The number of halogens is 3. The summed E-state index contributed by atoms with van der Waals surface area (Å²) in [5.41, 5.74) is 1.40. The van der Waals surface area contributed by atoms with Crippen molar-refractivity contribution in [3.05, 3.63) is 41.3 Å². The van der Waals surface area contributed by atoms with E-state index in [-0.39, 0.29) is 11.0 Å². The van der Waals surface area contributed by atoms with Crippen molar-refractivity contribution in [1.82, 2.24) is 9.97 Å². The quantitative estimate of drug-likeness (QED) is 0.868. The van der Waals surface area contributed by atoms with Gasteiger partial charge in [-0.3, -0.25) is 0 Å². The number of aromatic nitrogens is 2. The maximum Gasteiger partial charge on any atom is 0.387 e. The first-order chi connectivity index (χ1) is 9.02. The molecule has 1 aromatic heterocycles. The number of aryl methyl sites for hydroxylation is 1. The fourth-order valence-corrected chi connectivity index (χ4v) is 1.69. The van der Waals surface area contributed by atoms with Crippen LogP contribution in [0, 0.1) is 6.92 Å². The van der Waals surface area contributed by atoms with E-state index in [0.29, 0.717) is 11.5 Å². The summed E-state index contributed by atoms with van der Waals surface area (Å²) < 4.78 is 28.2.